The van der Waals surface area contributed by atoms with E-state index in [4.69, 9.17) is 4.74 Å². The Bertz CT molecular complexity index is 514. The fraction of sp³-hybridized carbons (Fsp3) is 0.688. The number of rotatable bonds is 5. The van der Waals surface area contributed by atoms with Gasteiger partial charge in [0, 0.05) is 11.4 Å². The maximum atomic E-state index is 13.2. The molecule has 0 unspecified atom stereocenters. The molecule has 0 bridgehead atoms. The zero-order chi connectivity index (χ0) is 14.9. The number of nitrogens with one attached hydrogen (secondary N) is 1. The average molecular weight is 308 g/mol. The van der Waals surface area contributed by atoms with Crippen molar-refractivity contribution < 1.29 is 9.53 Å². The van der Waals surface area contributed by atoms with Crippen molar-refractivity contribution in [3.05, 3.63) is 15.8 Å². The summed E-state index contributed by atoms with van der Waals surface area (Å²) in [6.07, 6.45) is 4.52. The number of ether oxygens (including phenoxy) is 1. The van der Waals surface area contributed by atoms with Crippen molar-refractivity contribution in [3.63, 3.8) is 0 Å². The van der Waals surface area contributed by atoms with Gasteiger partial charge in [-0.15, -0.1) is 11.3 Å². The first-order valence-corrected chi connectivity index (χ1v) is 8.63. The lowest BCUT2D eigenvalue weighted by Gasteiger charge is -2.32. The summed E-state index contributed by atoms with van der Waals surface area (Å²) in [7, 11) is 1.65. The number of hydrogen-bond acceptors (Lipinski definition) is 5. The predicted octanol–water partition coefficient (Wildman–Crippen LogP) is 2.47. The highest BCUT2D eigenvalue weighted by Gasteiger charge is 2.44. The second kappa shape index (κ2) is 6.07. The minimum absolute atomic E-state index is 0.224. The maximum Gasteiger partial charge on any atom is 0.197 e. The zero-order valence-corrected chi connectivity index (χ0v) is 13.7. The van der Waals surface area contributed by atoms with Crippen LogP contribution < -0.4 is 10.1 Å². The molecule has 0 saturated carbocycles. The van der Waals surface area contributed by atoms with Crippen LogP contribution in [0.3, 0.4) is 0 Å². The first-order valence-electron chi connectivity index (χ1n) is 7.81. The van der Waals surface area contributed by atoms with E-state index < -0.39 is 5.54 Å². The first-order chi connectivity index (χ1) is 10.1. The smallest absolute Gasteiger partial charge is 0.197 e. The minimum atomic E-state index is -0.408. The van der Waals surface area contributed by atoms with Gasteiger partial charge in [0.15, 0.2) is 5.78 Å². The van der Waals surface area contributed by atoms with E-state index >= 15 is 0 Å². The van der Waals surface area contributed by atoms with Crippen LogP contribution in [-0.2, 0) is 0 Å². The van der Waals surface area contributed by atoms with E-state index in [2.05, 4.69) is 10.2 Å². The van der Waals surface area contributed by atoms with Gasteiger partial charge in [-0.3, -0.25) is 4.79 Å². The molecule has 116 valence electrons. The third-order valence-electron chi connectivity index (χ3n) is 4.62. The molecule has 5 heteroatoms. The second-order valence-electron chi connectivity index (χ2n) is 6.18. The van der Waals surface area contributed by atoms with E-state index in [-0.39, 0.29) is 5.78 Å². The number of likely N-dealkylation sites (tertiary alicyclic amines) is 1. The van der Waals surface area contributed by atoms with E-state index in [1.807, 2.05) is 13.0 Å². The summed E-state index contributed by atoms with van der Waals surface area (Å²) >= 11 is 1.56. The predicted molar refractivity (Wildman–Crippen MR) is 85.6 cm³/mol. The van der Waals surface area contributed by atoms with Gasteiger partial charge in [0.05, 0.1) is 12.6 Å². The highest BCUT2D eigenvalue weighted by atomic mass is 32.1. The summed E-state index contributed by atoms with van der Waals surface area (Å²) in [5, 5.41) is 3.52. The number of carbonyl (C=O) groups is 1. The van der Waals surface area contributed by atoms with Crippen molar-refractivity contribution in [3.8, 4) is 5.75 Å². The molecule has 2 saturated heterocycles. The van der Waals surface area contributed by atoms with Gasteiger partial charge in [0.1, 0.15) is 10.6 Å². The molecule has 3 heterocycles. The van der Waals surface area contributed by atoms with Crippen molar-refractivity contribution in [2.24, 2.45) is 0 Å². The molecule has 1 atom stereocenters. The summed E-state index contributed by atoms with van der Waals surface area (Å²) in [6, 6.07) is 1.97. The van der Waals surface area contributed by atoms with Crippen molar-refractivity contribution in [2.45, 2.75) is 38.1 Å². The molecule has 2 fully saturated rings. The van der Waals surface area contributed by atoms with E-state index in [0.29, 0.717) is 0 Å². The molecule has 2 aliphatic rings. The molecule has 2 aliphatic heterocycles. The second-order valence-corrected chi connectivity index (χ2v) is 7.44. The fourth-order valence-electron chi connectivity index (χ4n) is 3.55. The monoisotopic (exact) mass is 308 g/mol. The molecule has 4 nitrogen and oxygen atoms in total. The van der Waals surface area contributed by atoms with Crippen molar-refractivity contribution >= 4 is 17.1 Å². The summed E-state index contributed by atoms with van der Waals surface area (Å²) < 4.78 is 5.41. The summed E-state index contributed by atoms with van der Waals surface area (Å²) in [6.45, 7) is 6.05. The van der Waals surface area contributed by atoms with Gasteiger partial charge in [-0.1, -0.05) is 0 Å². The third-order valence-corrected chi connectivity index (χ3v) is 5.65. The van der Waals surface area contributed by atoms with Gasteiger partial charge >= 0.3 is 0 Å². The van der Waals surface area contributed by atoms with Crippen LogP contribution in [-0.4, -0.2) is 49.5 Å². The maximum absolute atomic E-state index is 13.2. The van der Waals surface area contributed by atoms with E-state index in [9.17, 15) is 4.79 Å². The van der Waals surface area contributed by atoms with E-state index in [0.717, 1.165) is 54.5 Å². The Hall–Kier alpha value is -0.910. The van der Waals surface area contributed by atoms with E-state index in [1.165, 1.54) is 12.8 Å². The number of ketones is 1. The summed E-state index contributed by atoms with van der Waals surface area (Å²) in [5.74, 6) is 0.957. The number of Topliss-reactive ketones (excluding diaryl/α,β-unsaturated/α-hetero) is 1. The topological polar surface area (TPSA) is 41.6 Å². The van der Waals surface area contributed by atoms with Gasteiger partial charge in [-0.2, -0.15) is 0 Å². The summed E-state index contributed by atoms with van der Waals surface area (Å²) in [4.78, 5) is 17.5. The molecular formula is C16H24N2O2S. The van der Waals surface area contributed by atoms with Gasteiger partial charge in [-0.25, -0.2) is 0 Å². The number of carbonyl (C=O) groups excluding carboxylic acids is 1. The largest absolute Gasteiger partial charge is 0.495 e. The molecule has 3 rings (SSSR count). The molecular weight excluding hydrogens is 284 g/mol. The van der Waals surface area contributed by atoms with Crippen molar-refractivity contribution in [1.82, 2.24) is 10.2 Å². The van der Waals surface area contributed by atoms with Crippen LogP contribution in [0.15, 0.2) is 6.07 Å². The van der Waals surface area contributed by atoms with Crippen LogP contribution in [0.4, 0.5) is 0 Å². The SMILES string of the molecule is COc1cc(C)sc1C(=O)[C@]1(CN2CCCC2)CCCN1. The Balaban J connectivity index is 1.87. The molecule has 0 amide bonds. The highest BCUT2D eigenvalue weighted by Crippen LogP contribution is 2.35. The summed E-state index contributed by atoms with van der Waals surface area (Å²) in [5.41, 5.74) is -0.408. The van der Waals surface area contributed by atoms with E-state index in [1.54, 1.807) is 18.4 Å². The number of methoxy groups -OCH3 is 1. The van der Waals surface area contributed by atoms with Crippen LogP contribution in [0.2, 0.25) is 0 Å². The average Bonchev–Trinajstić information content (AvgIpc) is 3.19. The Kier molecular flexibility index (Phi) is 4.33. The van der Waals surface area contributed by atoms with Crippen LogP contribution in [0.25, 0.3) is 0 Å². The Morgan fingerprint density at radius 2 is 2.19 bits per heavy atom. The minimum Gasteiger partial charge on any atom is -0.495 e. The van der Waals surface area contributed by atoms with Crippen molar-refractivity contribution in [1.29, 1.82) is 0 Å². The Morgan fingerprint density at radius 3 is 2.81 bits per heavy atom. The third kappa shape index (κ3) is 2.87. The van der Waals surface area contributed by atoms with Crippen molar-refractivity contribution in [2.75, 3.05) is 33.3 Å². The number of nitrogens with zero attached hydrogens (tertiary/aromatic N) is 1. The van der Waals surface area contributed by atoms with Gasteiger partial charge in [0.25, 0.3) is 0 Å². The zero-order valence-electron chi connectivity index (χ0n) is 12.9. The lowest BCUT2D eigenvalue weighted by Crippen LogP contribution is -2.55. The molecule has 1 N–H and O–H groups in total. The highest BCUT2D eigenvalue weighted by molar-refractivity contribution is 7.14. The fourth-order valence-corrected chi connectivity index (χ4v) is 4.57. The van der Waals surface area contributed by atoms with Crippen LogP contribution in [0.5, 0.6) is 5.75 Å². The van der Waals surface area contributed by atoms with Crippen LogP contribution >= 0.6 is 11.3 Å². The first kappa shape index (κ1) is 15.0. The van der Waals surface area contributed by atoms with Crippen LogP contribution in [0.1, 0.15) is 40.2 Å². The number of thiophene rings is 1. The molecule has 0 spiro atoms. The molecule has 0 radical (unpaired) electrons. The lowest BCUT2D eigenvalue weighted by molar-refractivity contribution is 0.0824. The van der Waals surface area contributed by atoms with Gasteiger partial charge in [0.2, 0.25) is 0 Å². The van der Waals surface area contributed by atoms with Crippen LogP contribution in [0, 0.1) is 6.92 Å². The molecule has 21 heavy (non-hydrogen) atoms. The van der Waals surface area contributed by atoms with Gasteiger partial charge < -0.3 is 15.0 Å². The number of hydrogen-bond donors (Lipinski definition) is 1. The lowest BCUT2D eigenvalue weighted by atomic mass is 9.90. The Labute approximate surface area is 130 Å². The molecule has 0 aromatic carbocycles. The Morgan fingerprint density at radius 1 is 1.43 bits per heavy atom. The molecule has 0 aliphatic carbocycles. The quantitative estimate of drug-likeness (QED) is 0.849. The normalized spacial score (nSPS) is 26.4. The standard InChI is InChI=1S/C16H24N2O2S/c1-12-10-13(20-2)14(21-12)15(19)16(6-5-7-17-16)11-18-8-3-4-9-18/h10,17H,3-9,11H2,1-2H3/t16-/m1/s1. The molecule has 1 aromatic heterocycles. The van der Waals surface area contributed by atoms with Gasteiger partial charge in [-0.05, 0) is 58.3 Å². The number of aryl methyl sites for hydroxylation is 1. The molecule has 1 aromatic rings.